The maximum Gasteiger partial charge on any atom is 0.181 e. The standard InChI is InChI=1S/C12H21N3O/c1-3-15(11-5-4-6-13-7-11)8-12-10(2)16-9-14-12/h9,11,13H,3-8H2,1-2H3. The van der Waals surface area contributed by atoms with Crippen LogP contribution in [-0.2, 0) is 6.54 Å². The normalized spacial score (nSPS) is 21.6. The number of hydrogen-bond donors (Lipinski definition) is 1. The van der Waals surface area contributed by atoms with E-state index in [-0.39, 0.29) is 0 Å². The Labute approximate surface area is 97.0 Å². The lowest BCUT2D eigenvalue weighted by Crippen LogP contribution is -2.45. The van der Waals surface area contributed by atoms with Crippen LogP contribution in [-0.4, -0.2) is 35.6 Å². The van der Waals surface area contributed by atoms with Crippen molar-refractivity contribution in [2.75, 3.05) is 19.6 Å². The van der Waals surface area contributed by atoms with E-state index < -0.39 is 0 Å². The summed E-state index contributed by atoms with van der Waals surface area (Å²) in [6, 6.07) is 0.648. The maximum absolute atomic E-state index is 5.24. The molecule has 0 amide bonds. The van der Waals surface area contributed by atoms with E-state index in [0.717, 1.165) is 37.6 Å². The number of piperidine rings is 1. The first kappa shape index (κ1) is 11.6. The van der Waals surface area contributed by atoms with E-state index in [1.807, 2.05) is 6.92 Å². The minimum Gasteiger partial charge on any atom is -0.448 e. The number of likely N-dealkylation sites (N-methyl/N-ethyl adjacent to an activating group) is 1. The second-order valence-electron chi connectivity index (χ2n) is 4.42. The lowest BCUT2D eigenvalue weighted by Gasteiger charge is -2.33. The summed E-state index contributed by atoms with van der Waals surface area (Å²) in [6.45, 7) is 8.44. The van der Waals surface area contributed by atoms with E-state index in [9.17, 15) is 0 Å². The second kappa shape index (κ2) is 5.46. The van der Waals surface area contributed by atoms with Gasteiger partial charge in [-0.1, -0.05) is 6.92 Å². The Balaban J connectivity index is 1.97. The predicted octanol–water partition coefficient (Wildman–Crippen LogP) is 1.56. The van der Waals surface area contributed by atoms with Gasteiger partial charge in [-0.25, -0.2) is 4.98 Å². The molecule has 2 rings (SSSR count). The quantitative estimate of drug-likeness (QED) is 0.841. The van der Waals surface area contributed by atoms with Crippen LogP contribution in [0.2, 0.25) is 0 Å². The van der Waals surface area contributed by atoms with Crippen molar-refractivity contribution in [1.29, 1.82) is 0 Å². The molecule has 0 aliphatic carbocycles. The number of nitrogens with one attached hydrogen (secondary N) is 1. The zero-order valence-electron chi connectivity index (χ0n) is 10.2. The van der Waals surface area contributed by atoms with Crippen LogP contribution in [0.25, 0.3) is 0 Å². The van der Waals surface area contributed by atoms with Gasteiger partial charge in [0, 0.05) is 19.1 Å². The lowest BCUT2D eigenvalue weighted by molar-refractivity contribution is 0.164. The van der Waals surface area contributed by atoms with Gasteiger partial charge in [0.1, 0.15) is 5.76 Å². The summed E-state index contributed by atoms with van der Waals surface area (Å²) in [5.41, 5.74) is 1.08. The summed E-state index contributed by atoms with van der Waals surface area (Å²) in [6.07, 6.45) is 4.11. The summed E-state index contributed by atoms with van der Waals surface area (Å²) < 4.78 is 5.24. The van der Waals surface area contributed by atoms with E-state index in [0.29, 0.717) is 6.04 Å². The van der Waals surface area contributed by atoms with Crippen LogP contribution in [0.15, 0.2) is 10.8 Å². The van der Waals surface area contributed by atoms with E-state index in [4.69, 9.17) is 4.42 Å². The molecule has 0 radical (unpaired) electrons. The molecule has 90 valence electrons. The molecule has 0 aromatic carbocycles. The van der Waals surface area contributed by atoms with Crippen LogP contribution in [0.3, 0.4) is 0 Å². The van der Waals surface area contributed by atoms with E-state index >= 15 is 0 Å². The van der Waals surface area contributed by atoms with Crippen molar-refractivity contribution in [3.8, 4) is 0 Å². The molecule has 1 aromatic heterocycles. The van der Waals surface area contributed by atoms with Gasteiger partial charge in [-0.3, -0.25) is 4.90 Å². The molecule has 2 heterocycles. The van der Waals surface area contributed by atoms with E-state index in [2.05, 4.69) is 22.1 Å². The largest absolute Gasteiger partial charge is 0.448 e. The number of hydrogen-bond acceptors (Lipinski definition) is 4. The van der Waals surface area contributed by atoms with Gasteiger partial charge in [0.15, 0.2) is 6.39 Å². The molecule has 1 unspecified atom stereocenters. The summed E-state index contributed by atoms with van der Waals surface area (Å²) in [7, 11) is 0. The van der Waals surface area contributed by atoms with Crippen LogP contribution in [0, 0.1) is 6.92 Å². The van der Waals surface area contributed by atoms with Gasteiger partial charge in [0.25, 0.3) is 0 Å². The third kappa shape index (κ3) is 2.62. The molecule has 1 atom stereocenters. The van der Waals surface area contributed by atoms with Crippen LogP contribution in [0.5, 0.6) is 0 Å². The zero-order valence-corrected chi connectivity index (χ0v) is 10.2. The van der Waals surface area contributed by atoms with Crippen molar-refractivity contribution in [2.45, 2.75) is 39.3 Å². The van der Waals surface area contributed by atoms with Crippen LogP contribution in [0.4, 0.5) is 0 Å². The molecule has 4 nitrogen and oxygen atoms in total. The van der Waals surface area contributed by atoms with E-state index in [1.54, 1.807) is 0 Å². The fourth-order valence-corrected chi connectivity index (χ4v) is 2.32. The molecule has 1 aliphatic heterocycles. The first-order valence-corrected chi connectivity index (χ1v) is 6.15. The minimum absolute atomic E-state index is 0.648. The summed E-state index contributed by atoms with van der Waals surface area (Å²) in [5, 5.41) is 3.46. The highest BCUT2D eigenvalue weighted by atomic mass is 16.3. The van der Waals surface area contributed by atoms with Crippen molar-refractivity contribution in [3.05, 3.63) is 17.8 Å². The number of aromatic nitrogens is 1. The molecule has 0 spiro atoms. The van der Waals surface area contributed by atoms with Gasteiger partial charge in [-0.2, -0.15) is 0 Å². The minimum atomic E-state index is 0.648. The van der Waals surface area contributed by atoms with Gasteiger partial charge in [0.2, 0.25) is 0 Å². The van der Waals surface area contributed by atoms with Gasteiger partial charge < -0.3 is 9.73 Å². The smallest absolute Gasteiger partial charge is 0.181 e. The molecule has 1 aliphatic rings. The molecule has 1 saturated heterocycles. The predicted molar refractivity (Wildman–Crippen MR) is 63.2 cm³/mol. The maximum atomic E-state index is 5.24. The Bertz CT molecular complexity index is 318. The fourth-order valence-electron chi connectivity index (χ4n) is 2.32. The van der Waals surface area contributed by atoms with Crippen molar-refractivity contribution < 1.29 is 4.42 Å². The molecule has 4 heteroatoms. The summed E-state index contributed by atoms with van der Waals surface area (Å²) >= 11 is 0. The van der Waals surface area contributed by atoms with Crippen LogP contribution in [0.1, 0.15) is 31.2 Å². The Kier molecular flexibility index (Phi) is 3.96. The number of aryl methyl sites for hydroxylation is 1. The molecule has 0 saturated carbocycles. The molecule has 1 N–H and O–H groups in total. The number of oxazole rings is 1. The Morgan fingerprint density at radius 1 is 1.62 bits per heavy atom. The third-order valence-corrected chi connectivity index (χ3v) is 3.39. The second-order valence-corrected chi connectivity index (χ2v) is 4.42. The van der Waals surface area contributed by atoms with Crippen LogP contribution < -0.4 is 5.32 Å². The van der Waals surface area contributed by atoms with Gasteiger partial charge in [-0.15, -0.1) is 0 Å². The van der Waals surface area contributed by atoms with Crippen molar-refractivity contribution in [1.82, 2.24) is 15.2 Å². The molecule has 0 bridgehead atoms. The zero-order chi connectivity index (χ0) is 11.4. The Hall–Kier alpha value is -0.870. The first-order valence-electron chi connectivity index (χ1n) is 6.15. The highest BCUT2D eigenvalue weighted by Crippen LogP contribution is 2.15. The monoisotopic (exact) mass is 223 g/mol. The molecule has 16 heavy (non-hydrogen) atoms. The highest BCUT2D eigenvalue weighted by Gasteiger charge is 2.21. The molecule has 1 aromatic rings. The SMILES string of the molecule is CCN(Cc1ncoc1C)C1CCCNC1. The number of nitrogens with zero attached hydrogens (tertiary/aromatic N) is 2. The average molecular weight is 223 g/mol. The number of rotatable bonds is 4. The first-order chi connectivity index (χ1) is 7.81. The van der Waals surface area contributed by atoms with Crippen molar-refractivity contribution >= 4 is 0 Å². The summed E-state index contributed by atoms with van der Waals surface area (Å²) in [4.78, 5) is 6.75. The fraction of sp³-hybridized carbons (Fsp3) is 0.750. The highest BCUT2D eigenvalue weighted by molar-refractivity contribution is 5.04. The summed E-state index contributed by atoms with van der Waals surface area (Å²) in [5.74, 6) is 0.946. The Morgan fingerprint density at radius 2 is 2.50 bits per heavy atom. The van der Waals surface area contributed by atoms with Crippen LogP contribution >= 0.6 is 0 Å². The molecular formula is C12H21N3O. The lowest BCUT2D eigenvalue weighted by atomic mass is 10.1. The van der Waals surface area contributed by atoms with Gasteiger partial charge in [0.05, 0.1) is 5.69 Å². The van der Waals surface area contributed by atoms with Gasteiger partial charge >= 0.3 is 0 Å². The van der Waals surface area contributed by atoms with Gasteiger partial charge in [-0.05, 0) is 32.9 Å². The Morgan fingerprint density at radius 3 is 3.06 bits per heavy atom. The molecular weight excluding hydrogens is 202 g/mol. The van der Waals surface area contributed by atoms with Crippen molar-refractivity contribution in [3.63, 3.8) is 0 Å². The molecule has 1 fully saturated rings. The third-order valence-electron chi connectivity index (χ3n) is 3.39. The van der Waals surface area contributed by atoms with E-state index in [1.165, 1.54) is 19.2 Å². The topological polar surface area (TPSA) is 41.3 Å². The average Bonchev–Trinajstić information content (AvgIpc) is 2.73. The van der Waals surface area contributed by atoms with Crippen molar-refractivity contribution in [2.24, 2.45) is 0 Å².